The van der Waals surface area contributed by atoms with Crippen molar-refractivity contribution in [3.05, 3.63) is 57.9 Å². The molecule has 3 aromatic heterocycles. The molecule has 1 aromatic carbocycles. The summed E-state index contributed by atoms with van der Waals surface area (Å²) in [6.45, 7) is 7.01. The molecule has 0 fully saturated rings. The summed E-state index contributed by atoms with van der Waals surface area (Å²) in [6, 6.07) is 7.99. The molecule has 0 bridgehead atoms. The Morgan fingerprint density at radius 1 is 1.15 bits per heavy atom. The number of hydrogen-bond acceptors (Lipinski definition) is 5. The van der Waals surface area contributed by atoms with E-state index in [2.05, 4.69) is 21.1 Å². The lowest BCUT2D eigenvalue weighted by atomic mass is 10.1. The average Bonchev–Trinajstić information content (AvgIpc) is 3.01. The second-order valence-electron chi connectivity index (χ2n) is 6.64. The number of fused-ring (bicyclic) bond motifs is 2. The predicted octanol–water partition coefficient (Wildman–Crippen LogP) is 2.66. The fourth-order valence-corrected chi connectivity index (χ4v) is 3.72. The van der Waals surface area contributed by atoms with Crippen LogP contribution in [0.2, 0.25) is 0 Å². The molecule has 0 saturated carbocycles. The number of rotatable bonds is 4. The molecule has 27 heavy (non-hydrogen) atoms. The third-order valence-corrected chi connectivity index (χ3v) is 5.03. The van der Waals surface area contributed by atoms with Crippen LogP contribution in [0.15, 0.2) is 35.4 Å². The van der Waals surface area contributed by atoms with Crippen LogP contribution in [-0.4, -0.2) is 24.3 Å². The van der Waals surface area contributed by atoms with Crippen molar-refractivity contribution in [3.8, 4) is 0 Å². The molecule has 0 atom stereocenters. The van der Waals surface area contributed by atoms with E-state index in [0.29, 0.717) is 24.6 Å². The minimum absolute atomic E-state index is 0.0319. The van der Waals surface area contributed by atoms with Gasteiger partial charge in [0.2, 0.25) is 0 Å². The molecule has 3 heterocycles. The Labute approximate surface area is 156 Å². The Kier molecular flexibility index (Phi) is 4.14. The fourth-order valence-electron chi connectivity index (χ4n) is 3.72. The van der Waals surface area contributed by atoms with Gasteiger partial charge in [-0.1, -0.05) is 25.1 Å². The van der Waals surface area contributed by atoms with Crippen molar-refractivity contribution >= 4 is 27.6 Å². The van der Waals surface area contributed by atoms with Gasteiger partial charge in [0.1, 0.15) is 12.1 Å². The standard InChI is InChI=1S/C20H22N6O/c1-4-15-17-18(21)22-11-23-19(17)26(24-15)10-14-9-13-8-6-7-12(3)16(13)20(27)25(14)5-2/h6-9,11H,4-5,10H2,1-3H3,(H2,21,22,23). The minimum Gasteiger partial charge on any atom is -0.383 e. The molecule has 2 N–H and O–H groups in total. The first-order valence-corrected chi connectivity index (χ1v) is 9.13. The second-order valence-corrected chi connectivity index (χ2v) is 6.64. The fraction of sp³-hybridized carbons (Fsp3) is 0.300. The van der Waals surface area contributed by atoms with Gasteiger partial charge in [0.15, 0.2) is 5.65 Å². The summed E-state index contributed by atoms with van der Waals surface area (Å²) in [5, 5.41) is 7.20. The van der Waals surface area contributed by atoms with Crippen LogP contribution < -0.4 is 11.3 Å². The number of aromatic nitrogens is 5. The summed E-state index contributed by atoms with van der Waals surface area (Å²) in [5.74, 6) is 0.435. The molecule has 4 aromatic rings. The highest BCUT2D eigenvalue weighted by Gasteiger charge is 2.16. The van der Waals surface area contributed by atoms with Crippen LogP contribution in [0, 0.1) is 6.92 Å². The van der Waals surface area contributed by atoms with Crippen LogP contribution in [-0.2, 0) is 19.5 Å². The summed E-state index contributed by atoms with van der Waals surface area (Å²) >= 11 is 0. The molecule has 0 aliphatic heterocycles. The van der Waals surface area contributed by atoms with Crippen LogP contribution in [0.25, 0.3) is 21.8 Å². The van der Waals surface area contributed by atoms with Crippen LogP contribution in [0.4, 0.5) is 5.82 Å². The van der Waals surface area contributed by atoms with Crippen molar-refractivity contribution in [1.29, 1.82) is 0 Å². The maximum absolute atomic E-state index is 13.1. The lowest BCUT2D eigenvalue weighted by Gasteiger charge is -2.14. The number of pyridine rings is 1. The maximum Gasteiger partial charge on any atom is 0.258 e. The summed E-state index contributed by atoms with van der Waals surface area (Å²) in [7, 11) is 0. The van der Waals surface area contributed by atoms with E-state index in [1.165, 1.54) is 6.33 Å². The van der Waals surface area contributed by atoms with Gasteiger partial charge in [-0.15, -0.1) is 0 Å². The maximum atomic E-state index is 13.1. The summed E-state index contributed by atoms with van der Waals surface area (Å²) in [6.07, 6.45) is 2.19. The van der Waals surface area contributed by atoms with Gasteiger partial charge in [0, 0.05) is 12.2 Å². The third-order valence-electron chi connectivity index (χ3n) is 5.03. The van der Waals surface area contributed by atoms with Gasteiger partial charge in [-0.05, 0) is 37.3 Å². The number of aryl methyl sites for hydroxylation is 2. The quantitative estimate of drug-likeness (QED) is 0.602. The van der Waals surface area contributed by atoms with Crippen molar-refractivity contribution in [2.24, 2.45) is 0 Å². The van der Waals surface area contributed by atoms with Crippen LogP contribution in [0.3, 0.4) is 0 Å². The van der Waals surface area contributed by atoms with Crippen LogP contribution in [0.1, 0.15) is 30.8 Å². The molecule has 7 heteroatoms. The van der Waals surface area contributed by atoms with E-state index >= 15 is 0 Å². The van der Waals surface area contributed by atoms with Crippen molar-refractivity contribution in [2.45, 2.75) is 40.3 Å². The SMILES string of the molecule is CCc1nn(Cc2cc3cccc(C)c3c(=O)n2CC)c2ncnc(N)c12. The first-order chi connectivity index (χ1) is 13.0. The molecule has 0 saturated heterocycles. The number of benzene rings is 1. The Morgan fingerprint density at radius 2 is 1.96 bits per heavy atom. The van der Waals surface area contributed by atoms with E-state index in [1.807, 2.05) is 43.7 Å². The van der Waals surface area contributed by atoms with E-state index in [1.54, 1.807) is 4.57 Å². The van der Waals surface area contributed by atoms with Crippen molar-refractivity contribution in [2.75, 3.05) is 5.73 Å². The molecule has 0 aliphatic rings. The van der Waals surface area contributed by atoms with Crippen LogP contribution in [0.5, 0.6) is 0 Å². The molecule has 7 nitrogen and oxygen atoms in total. The van der Waals surface area contributed by atoms with Gasteiger partial charge < -0.3 is 10.3 Å². The first kappa shape index (κ1) is 17.2. The average molecular weight is 362 g/mol. The number of nitrogens with two attached hydrogens (primary N) is 1. The predicted molar refractivity (Wildman–Crippen MR) is 107 cm³/mol. The Hall–Kier alpha value is -3.22. The molecule has 0 unspecified atom stereocenters. The highest BCUT2D eigenvalue weighted by molar-refractivity contribution is 5.88. The zero-order chi connectivity index (χ0) is 19.1. The number of nitrogen functional groups attached to an aromatic ring is 1. The third kappa shape index (κ3) is 2.66. The first-order valence-electron chi connectivity index (χ1n) is 9.13. The highest BCUT2D eigenvalue weighted by atomic mass is 16.1. The monoisotopic (exact) mass is 362 g/mol. The lowest BCUT2D eigenvalue weighted by molar-refractivity contribution is 0.610. The van der Waals surface area contributed by atoms with Gasteiger partial charge >= 0.3 is 0 Å². The Bertz CT molecular complexity index is 1220. The number of nitrogens with zero attached hydrogens (tertiary/aromatic N) is 5. The van der Waals surface area contributed by atoms with E-state index in [0.717, 1.165) is 39.5 Å². The molecular weight excluding hydrogens is 340 g/mol. The van der Waals surface area contributed by atoms with E-state index < -0.39 is 0 Å². The van der Waals surface area contributed by atoms with Gasteiger partial charge in [-0.3, -0.25) is 4.79 Å². The van der Waals surface area contributed by atoms with E-state index in [9.17, 15) is 4.79 Å². The molecular formula is C20H22N6O. The van der Waals surface area contributed by atoms with Gasteiger partial charge in [-0.2, -0.15) is 5.10 Å². The zero-order valence-electron chi connectivity index (χ0n) is 15.7. The van der Waals surface area contributed by atoms with Crippen LogP contribution >= 0.6 is 0 Å². The van der Waals surface area contributed by atoms with Gasteiger partial charge in [0.05, 0.1) is 23.0 Å². The molecule has 0 spiro atoms. The number of anilines is 1. The molecule has 0 radical (unpaired) electrons. The topological polar surface area (TPSA) is 91.6 Å². The molecule has 138 valence electrons. The Balaban J connectivity index is 1.94. The van der Waals surface area contributed by atoms with Gasteiger partial charge in [0.25, 0.3) is 5.56 Å². The Morgan fingerprint density at radius 3 is 2.70 bits per heavy atom. The summed E-state index contributed by atoms with van der Waals surface area (Å²) < 4.78 is 3.62. The van der Waals surface area contributed by atoms with Crippen molar-refractivity contribution in [3.63, 3.8) is 0 Å². The lowest BCUT2D eigenvalue weighted by Crippen LogP contribution is -2.25. The minimum atomic E-state index is 0.0319. The number of hydrogen-bond donors (Lipinski definition) is 1. The molecule has 0 amide bonds. The molecule has 0 aliphatic carbocycles. The molecule has 4 rings (SSSR count). The highest BCUT2D eigenvalue weighted by Crippen LogP contribution is 2.23. The smallest absolute Gasteiger partial charge is 0.258 e. The zero-order valence-corrected chi connectivity index (χ0v) is 15.7. The second kappa shape index (κ2) is 6.50. The normalized spacial score (nSPS) is 11.5. The largest absolute Gasteiger partial charge is 0.383 e. The summed E-state index contributed by atoms with van der Waals surface area (Å²) in [5.41, 5.74) is 9.53. The van der Waals surface area contributed by atoms with Crippen molar-refractivity contribution in [1.82, 2.24) is 24.3 Å². The van der Waals surface area contributed by atoms with E-state index in [4.69, 9.17) is 5.73 Å². The summed E-state index contributed by atoms with van der Waals surface area (Å²) in [4.78, 5) is 21.5. The van der Waals surface area contributed by atoms with Gasteiger partial charge in [-0.25, -0.2) is 14.6 Å². The van der Waals surface area contributed by atoms with E-state index in [-0.39, 0.29) is 5.56 Å². The van der Waals surface area contributed by atoms with Crippen molar-refractivity contribution < 1.29 is 0 Å².